The summed E-state index contributed by atoms with van der Waals surface area (Å²) in [6, 6.07) is 10.8. The Morgan fingerprint density at radius 2 is 1.75 bits per heavy atom. The molecule has 0 N–H and O–H groups in total. The van der Waals surface area contributed by atoms with Gasteiger partial charge < -0.3 is 0 Å². The van der Waals surface area contributed by atoms with Crippen molar-refractivity contribution in [1.29, 1.82) is 0 Å². The number of carbonyl (C=O) groups excluding carboxylic acids is 1. The lowest BCUT2D eigenvalue weighted by Gasteiger charge is -2.20. The first-order chi connectivity index (χ1) is 11.5. The molecule has 4 nitrogen and oxygen atoms in total. The van der Waals surface area contributed by atoms with Gasteiger partial charge >= 0.3 is 0 Å². The number of hydrogen-bond donors (Lipinski definition) is 0. The van der Waals surface area contributed by atoms with Gasteiger partial charge in [-0.1, -0.05) is 6.07 Å². The number of carbonyl (C=O) groups is 1. The lowest BCUT2D eigenvalue weighted by atomic mass is 10.1. The van der Waals surface area contributed by atoms with E-state index in [-0.39, 0.29) is 5.78 Å². The number of nitrogens with zero attached hydrogens (tertiary/aromatic N) is 1. The molecule has 24 heavy (non-hydrogen) atoms. The minimum absolute atomic E-state index is 0.00210. The molecule has 0 aromatic heterocycles. The molecule has 0 bridgehead atoms. The average molecular weight is 341 g/mol. The molecular formula is C19H19NO3S. The summed E-state index contributed by atoms with van der Waals surface area (Å²) in [5.41, 5.74) is 4.67. The van der Waals surface area contributed by atoms with Gasteiger partial charge in [0, 0.05) is 12.1 Å². The second-order valence-corrected chi connectivity index (χ2v) is 8.37. The molecule has 0 amide bonds. The zero-order chi connectivity index (χ0) is 16.9. The lowest BCUT2D eigenvalue weighted by Crippen LogP contribution is -2.29. The highest BCUT2D eigenvalue weighted by molar-refractivity contribution is 7.92. The van der Waals surface area contributed by atoms with Gasteiger partial charge in [0.1, 0.15) is 0 Å². The summed E-state index contributed by atoms with van der Waals surface area (Å²) < 4.78 is 27.6. The van der Waals surface area contributed by atoms with Gasteiger partial charge in [-0.3, -0.25) is 9.10 Å². The number of ketones is 1. The van der Waals surface area contributed by atoms with Crippen molar-refractivity contribution in [2.45, 2.75) is 37.5 Å². The predicted molar refractivity (Wildman–Crippen MR) is 93.1 cm³/mol. The van der Waals surface area contributed by atoms with E-state index < -0.39 is 10.0 Å². The number of rotatable bonds is 3. The third-order valence-electron chi connectivity index (χ3n) is 5.00. The molecule has 1 aliphatic carbocycles. The lowest BCUT2D eigenvalue weighted by molar-refractivity contribution is 0.101. The molecular weight excluding hydrogens is 322 g/mol. The van der Waals surface area contributed by atoms with E-state index in [1.54, 1.807) is 18.2 Å². The van der Waals surface area contributed by atoms with Crippen LogP contribution in [-0.4, -0.2) is 20.7 Å². The summed E-state index contributed by atoms with van der Waals surface area (Å²) in [5, 5.41) is 0. The number of fused-ring (bicyclic) bond motifs is 2. The number of aryl methyl sites for hydroxylation is 2. The second-order valence-electron chi connectivity index (χ2n) is 6.51. The Morgan fingerprint density at radius 3 is 2.54 bits per heavy atom. The van der Waals surface area contributed by atoms with E-state index in [2.05, 4.69) is 0 Å². The normalized spacial score (nSPS) is 16.1. The Hall–Kier alpha value is -2.14. The first kappa shape index (κ1) is 15.4. The summed E-state index contributed by atoms with van der Waals surface area (Å²) in [5.74, 6) is -0.00210. The molecule has 2 aromatic rings. The van der Waals surface area contributed by atoms with E-state index in [0.29, 0.717) is 29.1 Å². The summed E-state index contributed by atoms with van der Waals surface area (Å²) in [7, 11) is -3.56. The fourth-order valence-corrected chi connectivity index (χ4v) is 5.23. The highest BCUT2D eigenvalue weighted by Gasteiger charge is 2.31. The molecule has 2 aromatic carbocycles. The van der Waals surface area contributed by atoms with E-state index in [0.717, 1.165) is 30.4 Å². The smallest absolute Gasteiger partial charge is 0.264 e. The summed E-state index contributed by atoms with van der Waals surface area (Å²) >= 11 is 0. The van der Waals surface area contributed by atoms with Crippen molar-refractivity contribution < 1.29 is 13.2 Å². The van der Waals surface area contributed by atoms with Gasteiger partial charge in [0.15, 0.2) is 5.78 Å². The molecule has 5 heteroatoms. The molecule has 0 radical (unpaired) electrons. The van der Waals surface area contributed by atoms with Crippen LogP contribution < -0.4 is 4.31 Å². The molecule has 0 atom stereocenters. The third-order valence-corrected chi connectivity index (χ3v) is 6.81. The van der Waals surface area contributed by atoms with Crippen LogP contribution in [0.15, 0.2) is 41.3 Å². The first-order valence-electron chi connectivity index (χ1n) is 8.25. The molecule has 0 saturated carbocycles. The molecule has 4 rings (SSSR count). The minimum atomic E-state index is -3.56. The second kappa shape index (κ2) is 5.45. The van der Waals surface area contributed by atoms with Crippen molar-refractivity contribution in [1.82, 2.24) is 0 Å². The van der Waals surface area contributed by atoms with Gasteiger partial charge in [-0.15, -0.1) is 0 Å². The van der Waals surface area contributed by atoms with Gasteiger partial charge in [-0.05, 0) is 79.6 Å². The Bertz CT molecular complexity index is 947. The predicted octanol–water partition coefficient (Wildman–Crippen LogP) is 3.13. The van der Waals surface area contributed by atoms with Crippen LogP contribution in [0.4, 0.5) is 5.69 Å². The standard InChI is InChI=1S/C19H19NO3S/c1-13(21)15-6-8-19-17(11-15)9-10-20(19)24(22,23)18-7-5-14-3-2-4-16(14)12-18/h5-8,11-12H,2-4,9-10H2,1H3. The number of benzene rings is 2. The van der Waals surface area contributed by atoms with Gasteiger partial charge in [0.25, 0.3) is 10.0 Å². The van der Waals surface area contributed by atoms with Gasteiger partial charge in [-0.25, -0.2) is 8.42 Å². The van der Waals surface area contributed by atoms with E-state index in [1.807, 2.05) is 18.2 Å². The van der Waals surface area contributed by atoms with E-state index in [9.17, 15) is 13.2 Å². The van der Waals surface area contributed by atoms with Crippen molar-refractivity contribution in [3.63, 3.8) is 0 Å². The maximum Gasteiger partial charge on any atom is 0.264 e. The molecule has 2 aliphatic rings. The maximum absolute atomic E-state index is 13.1. The Balaban J connectivity index is 1.74. The Morgan fingerprint density at radius 1 is 0.958 bits per heavy atom. The molecule has 0 fully saturated rings. The van der Waals surface area contributed by atoms with Crippen LogP contribution in [0.2, 0.25) is 0 Å². The topological polar surface area (TPSA) is 54.5 Å². The molecule has 1 aliphatic heterocycles. The summed E-state index contributed by atoms with van der Waals surface area (Å²) in [6.45, 7) is 1.95. The number of sulfonamides is 1. The van der Waals surface area contributed by atoms with Crippen LogP contribution >= 0.6 is 0 Å². The van der Waals surface area contributed by atoms with Crippen molar-refractivity contribution in [3.05, 3.63) is 58.7 Å². The van der Waals surface area contributed by atoms with Crippen LogP contribution in [-0.2, 0) is 29.3 Å². The largest absolute Gasteiger partial charge is 0.295 e. The first-order valence-corrected chi connectivity index (χ1v) is 9.69. The maximum atomic E-state index is 13.1. The number of anilines is 1. The van der Waals surface area contributed by atoms with Crippen molar-refractivity contribution in [3.8, 4) is 0 Å². The third kappa shape index (κ3) is 2.35. The van der Waals surface area contributed by atoms with Gasteiger partial charge in [-0.2, -0.15) is 0 Å². The molecule has 1 heterocycles. The molecule has 0 spiro atoms. The minimum Gasteiger partial charge on any atom is -0.295 e. The molecule has 124 valence electrons. The zero-order valence-electron chi connectivity index (χ0n) is 13.6. The van der Waals surface area contributed by atoms with Crippen LogP contribution in [0.5, 0.6) is 0 Å². The summed E-state index contributed by atoms with van der Waals surface area (Å²) in [6.07, 6.45) is 3.73. The van der Waals surface area contributed by atoms with Crippen LogP contribution in [0.3, 0.4) is 0 Å². The summed E-state index contributed by atoms with van der Waals surface area (Å²) in [4.78, 5) is 11.9. The van der Waals surface area contributed by atoms with Gasteiger partial charge in [0.2, 0.25) is 0 Å². The quantitative estimate of drug-likeness (QED) is 0.806. The highest BCUT2D eigenvalue weighted by atomic mass is 32.2. The fraction of sp³-hybridized carbons (Fsp3) is 0.316. The Kier molecular flexibility index (Phi) is 3.49. The van der Waals surface area contributed by atoms with E-state index in [4.69, 9.17) is 0 Å². The van der Waals surface area contributed by atoms with Crippen molar-refractivity contribution >= 4 is 21.5 Å². The van der Waals surface area contributed by atoms with Crippen molar-refractivity contribution in [2.24, 2.45) is 0 Å². The fourth-order valence-electron chi connectivity index (χ4n) is 3.68. The zero-order valence-corrected chi connectivity index (χ0v) is 14.4. The molecule has 0 unspecified atom stereocenters. The van der Waals surface area contributed by atoms with Crippen LogP contribution in [0, 0.1) is 0 Å². The molecule has 0 saturated heterocycles. The Labute approximate surface area is 142 Å². The van der Waals surface area contributed by atoms with Gasteiger partial charge in [0.05, 0.1) is 10.6 Å². The van der Waals surface area contributed by atoms with Crippen LogP contribution in [0.25, 0.3) is 0 Å². The van der Waals surface area contributed by atoms with Crippen LogP contribution in [0.1, 0.15) is 40.4 Å². The SMILES string of the molecule is CC(=O)c1ccc2c(c1)CCN2S(=O)(=O)c1ccc2c(c1)CCC2. The average Bonchev–Trinajstić information content (AvgIpc) is 3.20. The van der Waals surface area contributed by atoms with E-state index >= 15 is 0 Å². The highest BCUT2D eigenvalue weighted by Crippen LogP contribution is 2.35. The monoisotopic (exact) mass is 341 g/mol. The van der Waals surface area contributed by atoms with Crippen molar-refractivity contribution in [2.75, 3.05) is 10.8 Å². The number of Topliss-reactive ketones (excluding diaryl/α,β-unsaturated/α-hetero) is 1. The number of hydrogen-bond acceptors (Lipinski definition) is 3. The van der Waals surface area contributed by atoms with E-state index in [1.165, 1.54) is 16.8 Å².